The molecule has 0 spiro atoms. The summed E-state index contributed by atoms with van der Waals surface area (Å²) in [5, 5.41) is 0. The van der Waals surface area contributed by atoms with E-state index < -0.39 is 0 Å². The lowest BCUT2D eigenvalue weighted by atomic mass is 10.2. The quantitative estimate of drug-likeness (QED) is 0.241. The van der Waals surface area contributed by atoms with Crippen LogP contribution in [0.3, 0.4) is 0 Å². The van der Waals surface area contributed by atoms with Crippen LogP contribution in [0, 0.1) is 20.8 Å². The van der Waals surface area contributed by atoms with Crippen LogP contribution in [-0.2, 0) is 0 Å². The molecule has 0 amide bonds. The van der Waals surface area contributed by atoms with Crippen molar-refractivity contribution in [3.05, 3.63) is 89.9 Å². The lowest BCUT2D eigenvalue weighted by Crippen LogP contribution is -2.23. The normalized spacial score (nSPS) is 10.9. The van der Waals surface area contributed by atoms with Crippen molar-refractivity contribution in [3.63, 3.8) is 0 Å². The number of hydrogen-bond donors (Lipinski definition) is 1. The number of thioether (sulfide) groups is 2. The van der Waals surface area contributed by atoms with Crippen LogP contribution in [0.4, 0.5) is 5.95 Å². The van der Waals surface area contributed by atoms with Crippen LogP contribution in [0.25, 0.3) is 11.3 Å². The molecule has 1 N–H and O–H groups in total. The SMILES string of the molecule is Cc1ccc(SCN(CSc2ccc(C)cc2)c2ncc(-c3ccnc(C)c3)[nH]2)cc1. The topological polar surface area (TPSA) is 44.8 Å². The second kappa shape index (κ2) is 10.1. The van der Waals surface area contributed by atoms with E-state index in [1.165, 1.54) is 20.9 Å². The first-order valence-corrected chi connectivity index (χ1v) is 12.2. The van der Waals surface area contributed by atoms with Crippen LogP contribution in [0.2, 0.25) is 0 Å². The Kier molecular flexibility index (Phi) is 6.99. The fraction of sp³-hybridized carbons (Fsp3) is 0.200. The van der Waals surface area contributed by atoms with Crippen LogP contribution >= 0.6 is 23.5 Å². The monoisotopic (exact) mass is 446 g/mol. The van der Waals surface area contributed by atoms with E-state index in [1.807, 2.05) is 48.9 Å². The van der Waals surface area contributed by atoms with E-state index in [0.29, 0.717) is 0 Å². The lowest BCUT2D eigenvalue weighted by molar-refractivity contribution is 0.989. The fourth-order valence-electron chi connectivity index (χ4n) is 3.06. The van der Waals surface area contributed by atoms with Gasteiger partial charge in [-0.05, 0) is 57.2 Å². The third-order valence-electron chi connectivity index (χ3n) is 4.89. The highest BCUT2D eigenvalue weighted by Crippen LogP contribution is 2.28. The van der Waals surface area contributed by atoms with Crippen molar-refractivity contribution < 1.29 is 0 Å². The van der Waals surface area contributed by atoms with Gasteiger partial charge < -0.3 is 9.88 Å². The summed E-state index contributed by atoms with van der Waals surface area (Å²) in [7, 11) is 0. The van der Waals surface area contributed by atoms with E-state index in [9.17, 15) is 0 Å². The van der Waals surface area contributed by atoms with Gasteiger partial charge in [-0.2, -0.15) is 0 Å². The molecule has 31 heavy (non-hydrogen) atoms. The van der Waals surface area contributed by atoms with Gasteiger partial charge >= 0.3 is 0 Å². The van der Waals surface area contributed by atoms with Gasteiger partial charge in [-0.25, -0.2) is 4.98 Å². The predicted molar refractivity (Wildman–Crippen MR) is 133 cm³/mol. The molecule has 0 aliphatic rings. The molecule has 0 atom stereocenters. The van der Waals surface area contributed by atoms with Crippen LogP contribution in [0.15, 0.2) is 82.8 Å². The van der Waals surface area contributed by atoms with E-state index in [2.05, 4.69) is 83.3 Å². The van der Waals surface area contributed by atoms with E-state index >= 15 is 0 Å². The Hall–Kier alpha value is -2.70. The van der Waals surface area contributed by atoms with Crippen molar-refractivity contribution in [3.8, 4) is 11.3 Å². The van der Waals surface area contributed by atoms with Crippen LogP contribution in [-0.4, -0.2) is 26.7 Å². The molecule has 0 unspecified atom stereocenters. The Morgan fingerprint density at radius 2 is 1.35 bits per heavy atom. The number of rotatable bonds is 8. The Morgan fingerprint density at radius 3 is 1.90 bits per heavy atom. The summed E-state index contributed by atoms with van der Waals surface area (Å²) in [5.74, 6) is 2.50. The average Bonchev–Trinajstić information content (AvgIpc) is 3.26. The van der Waals surface area contributed by atoms with Crippen molar-refractivity contribution in [1.29, 1.82) is 0 Å². The molecule has 4 nitrogen and oxygen atoms in total. The fourth-order valence-corrected chi connectivity index (χ4v) is 4.87. The summed E-state index contributed by atoms with van der Waals surface area (Å²) in [4.78, 5) is 17.3. The van der Waals surface area contributed by atoms with Crippen LogP contribution in [0.1, 0.15) is 16.8 Å². The number of aryl methyl sites for hydroxylation is 3. The zero-order chi connectivity index (χ0) is 21.6. The number of H-pyrrole nitrogens is 1. The molecule has 0 aliphatic heterocycles. The molecule has 2 heterocycles. The minimum atomic E-state index is 0.810. The average molecular weight is 447 g/mol. The number of imidazole rings is 1. The standard InChI is InChI=1S/C25H26N4S2/c1-18-4-8-22(9-5-18)30-16-29(17-31-23-10-6-19(2)7-11-23)25-27-15-24(28-25)21-12-13-26-20(3)14-21/h4-15H,16-17H2,1-3H3,(H,27,28). The molecule has 0 saturated heterocycles. The van der Waals surface area contributed by atoms with Crippen LogP contribution < -0.4 is 4.90 Å². The number of aromatic nitrogens is 3. The van der Waals surface area contributed by atoms with Gasteiger partial charge in [-0.3, -0.25) is 4.98 Å². The molecule has 0 saturated carbocycles. The maximum absolute atomic E-state index is 4.70. The van der Waals surface area contributed by atoms with Crippen molar-refractivity contribution in [2.24, 2.45) is 0 Å². The van der Waals surface area contributed by atoms with Gasteiger partial charge in [0.05, 0.1) is 23.6 Å². The molecular formula is C25H26N4S2. The number of anilines is 1. The number of nitrogens with one attached hydrogen (secondary N) is 1. The van der Waals surface area contributed by atoms with E-state index in [1.54, 1.807) is 0 Å². The Morgan fingerprint density at radius 1 is 0.774 bits per heavy atom. The second-order valence-electron chi connectivity index (χ2n) is 7.52. The summed E-state index contributed by atoms with van der Waals surface area (Å²) in [6.45, 7) is 6.23. The van der Waals surface area contributed by atoms with Crippen molar-refractivity contribution in [2.45, 2.75) is 30.6 Å². The van der Waals surface area contributed by atoms with Crippen molar-refractivity contribution in [2.75, 3.05) is 16.7 Å². The van der Waals surface area contributed by atoms with Gasteiger partial charge in [0.15, 0.2) is 0 Å². The van der Waals surface area contributed by atoms with Crippen molar-refractivity contribution in [1.82, 2.24) is 15.0 Å². The minimum Gasteiger partial charge on any atom is -0.324 e. The third kappa shape index (κ3) is 5.93. The van der Waals surface area contributed by atoms with E-state index in [-0.39, 0.29) is 0 Å². The summed E-state index contributed by atoms with van der Waals surface area (Å²) in [6.07, 6.45) is 3.74. The molecule has 158 valence electrons. The molecule has 2 aromatic carbocycles. The number of aromatic amines is 1. The molecule has 4 aromatic rings. The van der Waals surface area contributed by atoms with Crippen LogP contribution in [0.5, 0.6) is 0 Å². The number of pyridine rings is 1. The van der Waals surface area contributed by atoms with E-state index in [4.69, 9.17) is 4.98 Å². The largest absolute Gasteiger partial charge is 0.324 e. The number of hydrogen-bond acceptors (Lipinski definition) is 5. The minimum absolute atomic E-state index is 0.810. The first kappa shape index (κ1) is 21.5. The number of benzene rings is 2. The highest BCUT2D eigenvalue weighted by Gasteiger charge is 2.13. The zero-order valence-corrected chi connectivity index (χ0v) is 19.6. The molecular weight excluding hydrogens is 420 g/mol. The molecule has 0 aliphatic carbocycles. The lowest BCUT2D eigenvalue weighted by Gasteiger charge is -2.21. The highest BCUT2D eigenvalue weighted by atomic mass is 32.2. The third-order valence-corrected chi connectivity index (χ3v) is 6.98. The first-order valence-electron chi connectivity index (χ1n) is 10.2. The van der Waals surface area contributed by atoms with Gasteiger partial charge in [0.2, 0.25) is 5.95 Å². The molecule has 0 bridgehead atoms. The summed E-state index contributed by atoms with van der Waals surface area (Å²) < 4.78 is 0. The van der Waals surface area contributed by atoms with Gasteiger partial charge in [-0.1, -0.05) is 35.4 Å². The molecule has 2 aromatic heterocycles. The summed E-state index contributed by atoms with van der Waals surface area (Å²) >= 11 is 3.64. The first-order chi connectivity index (χ1) is 15.1. The molecule has 0 radical (unpaired) electrons. The summed E-state index contributed by atoms with van der Waals surface area (Å²) in [6, 6.07) is 21.4. The maximum Gasteiger partial charge on any atom is 0.204 e. The van der Waals surface area contributed by atoms with E-state index in [0.717, 1.165) is 34.7 Å². The smallest absolute Gasteiger partial charge is 0.204 e. The molecule has 4 rings (SSSR count). The van der Waals surface area contributed by atoms with Crippen molar-refractivity contribution >= 4 is 29.5 Å². The Labute approximate surface area is 192 Å². The molecule has 6 heteroatoms. The highest BCUT2D eigenvalue weighted by molar-refractivity contribution is 8.00. The van der Waals surface area contributed by atoms with Gasteiger partial charge in [0.25, 0.3) is 0 Å². The number of nitrogens with zero attached hydrogens (tertiary/aromatic N) is 3. The summed E-state index contributed by atoms with van der Waals surface area (Å²) in [5.41, 5.74) is 5.66. The van der Waals surface area contributed by atoms with Gasteiger partial charge in [0.1, 0.15) is 0 Å². The molecule has 0 fully saturated rings. The Balaban J connectivity index is 1.52. The van der Waals surface area contributed by atoms with Gasteiger partial charge in [-0.15, -0.1) is 23.5 Å². The van der Waals surface area contributed by atoms with Gasteiger partial charge in [0, 0.05) is 27.2 Å². The zero-order valence-electron chi connectivity index (χ0n) is 18.0. The Bertz CT molecular complexity index is 1070. The maximum atomic E-state index is 4.70. The second-order valence-corrected chi connectivity index (χ2v) is 9.56. The predicted octanol–water partition coefficient (Wildman–Crippen LogP) is 6.70.